The zero-order chi connectivity index (χ0) is 28.9. The molecule has 6 nitrogen and oxygen atoms in total. The molecular formula is C33H36FNO5. The van der Waals surface area contributed by atoms with Gasteiger partial charge >= 0.3 is 5.97 Å². The Morgan fingerprint density at radius 2 is 1.75 bits per heavy atom. The molecule has 0 aromatic heterocycles. The fourth-order valence-electron chi connectivity index (χ4n) is 5.91. The molecule has 2 aliphatic heterocycles. The maximum Gasteiger partial charge on any atom is 0.337 e. The number of carboxylic acid groups (broad SMARTS) is 1. The number of carbonyl (C=O) groups excluding carboxylic acids is 1. The Kier molecular flexibility index (Phi) is 7.21. The van der Waals surface area contributed by atoms with Crippen molar-refractivity contribution >= 4 is 17.6 Å². The molecule has 0 aliphatic carbocycles. The van der Waals surface area contributed by atoms with Gasteiger partial charge in [0.05, 0.1) is 12.2 Å². The summed E-state index contributed by atoms with van der Waals surface area (Å²) in [6, 6.07) is 10.8. The molecule has 1 N–H and O–H groups in total. The molecule has 7 heteroatoms. The summed E-state index contributed by atoms with van der Waals surface area (Å²) in [5.74, 6) is -1.44. The smallest absolute Gasteiger partial charge is 0.337 e. The zero-order valence-electron chi connectivity index (χ0n) is 24.0. The van der Waals surface area contributed by atoms with Crippen LogP contribution in [0.4, 0.5) is 10.1 Å². The van der Waals surface area contributed by atoms with Crippen LogP contribution < -0.4 is 9.64 Å². The lowest BCUT2D eigenvalue weighted by atomic mass is 9.83. The number of rotatable bonds is 5. The second-order valence-electron chi connectivity index (χ2n) is 11.8. The van der Waals surface area contributed by atoms with Gasteiger partial charge in [-0.05, 0) is 113 Å². The number of amides is 1. The first kappa shape index (κ1) is 27.8. The van der Waals surface area contributed by atoms with E-state index in [9.17, 15) is 14.7 Å². The molecule has 0 unspecified atom stereocenters. The van der Waals surface area contributed by atoms with Gasteiger partial charge in [0.1, 0.15) is 0 Å². The minimum atomic E-state index is -1.28. The molecule has 0 spiro atoms. The number of hydrogen-bond acceptors (Lipinski definition) is 4. The number of benzene rings is 3. The number of aryl methyl sites for hydroxylation is 2. The van der Waals surface area contributed by atoms with E-state index in [0.717, 1.165) is 34.4 Å². The molecule has 0 saturated heterocycles. The number of anilines is 1. The number of ether oxygens (including phenoxy) is 2. The normalized spacial score (nSPS) is 15.3. The highest BCUT2D eigenvalue weighted by Gasteiger charge is 2.37. The van der Waals surface area contributed by atoms with Crippen LogP contribution in [0.15, 0.2) is 36.4 Å². The Hall–Kier alpha value is -3.71. The van der Waals surface area contributed by atoms with Crippen LogP contribution in [0, 0.1) is 26.6 Å². The summed E-state index contributed by atoms with van der Waals surface area (Å²) in [5.41, 5.74) is 6.50. The van der Waals surface area contributed by atoms with Crippen molar-refractivity contribution < 1.29 is 28.6 Å². The van der Waals surface area contributed by atoms with Crippen LogP contribution >= 0.6 is 0 Å². The summed E-state index contributed by atoms with van der Waals surface area (Å²) in [6.45, 7) is 12.1. The zero-order valence-corrected chi connectivity index (χ0v) is 24.0. The molecule has 1 atom stereocenters. The van der Waals surface area contributed by atoms with Gasteiger partial charge in [-0.25, -0.2) is 9.18 Å². The molecule has 0 radical (unpaired) electrons. The van der Waals surface area contributed by atoms with Gasteiger partial charge < -0.3 is 19.5 Å². The van der Waals surface area contributed by atoms with Gasteiger partial charge in [0.2, 0.25) is 0 Å². The predicted octanol–water partition coefficient (Wildman–Crippen LogP) is 6.89. The summed E-state index contributed by atoms with van der Waals surface area (Å²) >= 11 is 0. The SMILES string of the molecule is Cc1ccc(C(=O)N2CCc3c2cc(C)c([C@H](OC(C)(C)C)C(=O)O)c3-c2cc(F)c3c(c2C)CCCO3)cc1. The summed E-state index contributed by atoms with van der Waals surface area (Å²) in [7, 11) is 0. The van der Waals surface area contributed by atoms with Crippen molar-refractivity contribution in [3.05, 3.63) is 81.2 Å². The van der Waals surface area contributed by atoms with Crippen LogP contribution in [0.1, 0.15) is 77.0 Å². The Bertz CT molecular complexity index is 1500. The second-order valence-corrected chi connectivity index (χ2v) is 11.8. The highest BCUT2D eigenvalue weighted by atomic mass is 19.1. The van der Waals surface area contributed by atoms with E-state index in [4.69, 9.17) is 9.47 Å². The average molecular weight is 546 g/mol. The fraction of sp³-hybridized carbons (Fsp3) is 0.394. The molecule has 2 aliphatic rings. The van der Waals surface area contributed by atoms with E-state index >= 15 is 4.39 Å². The molecule has 0 saturated carbocycles. The molecule has 40 heavy (non-hydrogen) atoms. The Morgan fingerprint density at radius 1 is 1.05 bits per heavy atom. The number of nitrogens with zero attached hydrogens (tertiary/aromatic N) is 1. The van der Waals surface area contributed by atoms with E-state index in [1.807, 2.05) is 71.9 Å². The van der Waals surface area contributed by atoms with E-state index in [1.165, 1.54) is 6.07 Å². The van der Waals surface area contributed by atoms with Crippen LogP contribution in [-0.4, -0.2) is 35.7 Å². The topological polar surface area (TPSA) is 76.1 Å². The van der Waals surface area contributed by atoms with E-state index in [0.29, 0.717) is 53.8 Å². The molecule has 3 aromatic rings. The van der Waals surface area contributed by atoms with Crippen LogP contribution in [0.5, 0.6) is 5.75 Å². The Labute approximate surface area is 234 Å². The van der Waals surface area contributed by atoms with Crippen molar-refractivity contribution in [1.29, 1.82) is 0 Å². The number of aliphatic carboxylic acids is 1. The minimum Gasteiger partial charge on any atom is -0.490 e. The number of carbonyl (C=O) groups is 2. The maximum atomic E-state index is 15.5. The monoisotopic (exact) mass is 545 g/mol. The number of fused-ring (bicyclic) bond motifs is 2. The third-order valence-corrected chi connectivity index (χ3v) is 7.74. The minimum absolute atomic E-state index is 0.126. The lowest BCUT2D eigenvalue weighted by Crippen LogP contribution is -2.29. The van der Waals surface area contributed by atoms with Gasteiger partial charge in [-0.3, -0.25) is 4.79 Å². The van der Waals surface area contributed by atoms with Crippen LogP contribution in [0.3, 0.4) is 0 Å². The van der Waals surface area contributed by atoms with Crippen LogP contribution in [-0.2, 0) is 22.4 Å². The number of halogens is 1. The first-order valence-electron chi connectivity index (χ1n) is 13.8. The highest BCUT2D eigenvalue weighted by Crippen LogP contribution is 2.47. The van der Waals surface area contributed by atoms with Crippen LogP contribution in [0.25, 0.3) is 11.1 Å². The molecule has 1 amide bonds. The number of carboxylic acids is 1. The molecule has 5 rings (SSSR count). The average Bonchev–Trinajstić information content (AvgIpc) is 3.31. The maximum absolute atomic E-state index is 15.5. The molecule has 2 heterocycles. The molecular weight excluding hydrogens is 509 g/mol. The lowest BCUT2D eigenvalue weighted by molar-refractivity contribution is -0.160. The number of hydrogen-bond donors (Lipinski definition) is 1. The molecule has 210 valence electrons. The van der Waals surface area contributed by atoms with Gasteiger partial charge in [0, 0.05) is 28.9 Å². The molecule has 0 bridgehead atoms. The van der Waals surface area contributed by atoms with E-state index in [-0.39, 0.29) is 11.7 Å². The molecule has 3 aromatic carbocycles. The van der Waals surface area contributed by atoms with Crippen molar-refractivity contribution in [2.75, 3.05) is 18.1 Å². The van der Waals surface area contributed by atoms with Crippen molar-refractivity contribution in [3.8, 4) is 16.9 Å². The summed E-state index contributed by atoms with van der Waals surface area (Å²) in [5, 5.41) is 10.4. The third-order valence-electron chi connectivity index (χ3n) is 7.74. The van der Waals surface area contributed by atoms with Crippen molar-refractivity contribution in [2.45, 2.75) is 72.5 Å². The van der Waals surface area contributed by atoms with Crippen molar-refractivity contribution in [3.63, 3.8) is 0 Å². The van der Waals surface area contributed by atoms with Gasteiger partial charge in [0.15, 0.2) is 17.7 Å². The lowest BCUT2D eigenvalue weighted by Gasteiger charge is -2.30. The standard InChI is InChI=1S/C33H36FNO5/c1-18-9-11-21(12-10-18)31(36)35-14-13-23-26(35)16-19(2)27(30(32(37)38)40-33(4,5)6)28(23)24-17-25(34)29-22(20(24)3)8-7-15-39-29/h9-12,16-17,30H,7-8,13-15H2,1-6H3,(H,37,38)/t30-/m0/s1. The summed E-state index contributed by atoms with van der Waals surface area (Å²) in [4.78, 5) is 28.1. The first-order chi connectivity index (χ1) is 18.9. The van der Waals surface area contributed by atoms with Gasteiger partial charge in [-0.1, -0.05) is 17.7 Å². The van der Waals surface area contributed by atoms with E-state index in [1.54, 1.807) is 4.90 Å². The van der Waals surface area contributed by atoms with E-state index < -0.39 is 23.5 Å². The Balaban J connectivity index is 1.77. The van der Waals surface area contributed by atoms with Gasteiger partial charge in [-0.2, -0.15) is 0 Å². The molecule has 0 fully saturated rings. The fourth-order valence-corrected chi connectivity index (χ4v) is 5.91. The van der Waals surface area contributed by atoms with Crippen molar-refractivity contribution in [2.24, 2.45) is 0 Å². The van der Waals surface area contributed by atoms with Crippen molar-refractivity contribution in [1.82, 2.24) is 0 Å². The summed E-state index contributed by atoms with van der Waals surface area (Å²) < 4.78 is 27.3. The Morgan fingerprint density at radius 3 is 2.40 bits per heavy atom. The predicted molar refractivity (Wildman–Crippen MR) is 153 cm³/mol. The third kappa shape index (κ3) is 4.99. The summed E-state index contributed by atoms with van der Waals surface area (Å²) in [6.07, 6.45) is 0.677. The largest absolute Gasteiger partial charge is 0.490 e. The van der Waals surface area contributed by atoms with Crippen LogP contribution in [0.2, 0.25) is 0 Å². The van der Waals surface area contributed by atoms with E-state index in [2.05, 4.69) is 0 Å². The quantitative estimate of drug-likeness (QED) is 0.378. The second kappa shape index (κ2) is 10.4. The van der Waals surface area contributed by atoms with Gasteiger partial charge in [-0.15, -0.1) is 0 Å². The first-order valence-corrected chi connectivity index (χ1v) is 13.8. The van der Waals surface area contributed by atoms with Gasteiger partial charge in [0.25, 0.3) is 5.91 Å². The highest BCUT2D eigenvalue weighted by molar-refractivity contribution is 6.08.